The van der Waals surface area contributed by atoms with Gasteiger partial charge in [-0.3, -0.25) is 4.79 Å². The molecular weight excluding hydrogens is 407 g/mol. The molecule has 0 radical (unpaired) electrons. The maximum Gasteiger partial charge on any atom is 0.416 e. The highest BCUT2D eigenvalue weighted by Crippen LogP contribution is 2.30. The van der Waals surface area contributed by atoms with Crippen molar-refractivity contribution in [3.63, 3.8) is 0 Å². The highest BCUT2D eigenvalue weighted by molar-refractivity contribution is 7.89. The largest absolute Gasteiger partial charge is 0.416 e. The fraction of sp³-hybridized carbons (Fsp3) is 0.562. The van der Waals surface area contributed by atoms with Crippen LogP contribution < -0.4 is 10.0 Å². The van der Waals surface area contributed by atoms with Crippen molar-refractivity contribution >= 4 is 28.3 Å². The molecule has 2 N–H and O–H groups in total. The van der Waals surface area contributed by atoms with E-state index in [0.29, 0.717) is 6.07 Å². The van der Waals surface area contributed by atoms with Gasteiger partial charge in [0.25, 0.3) is 0 Å². The maximum atomic E-state index is 12.7. The predicted octanol–water partition coefficient (Wildman–Crippen LogP) is 2.01. The van der Waals surface area contributed by atoms with Gasteiger partial charge >= 0.3 is 6.18 Å². The van der Waals surface area contributed by atoms with E-state index < -0.39 is 26.7 Å². The van der Waals surface area contributed by atoms with Gasteiger partial charge in [-0.05, 0) is 37.6 Å². The average molecular weight is 430 g/mol. The van der Waals surface area contributed by atoms with Crippen LogP contribution in [0.4, 0.5) is 13.2 Å². The van der Waals surface area contributed by atoms with E-state index in [4.69, 9.17) is 0 Å². The molecule has 2 rings (SSSR count). The van der Waals surface area contributed by atoms with Crippen LogP contribution in [0.1, 0.15) is 24.8 Å². The number of carbonyl (C=O) groups excluding carboxylic acids is 1. The van der Waals surface area contributed by atoms with E-state index in [1.165, 1.54) is 0 Å². The van der Waals surface area contributed by atoms with Gasteiger partial charge in [-0.15, -0.1) is 12.4 Å². The first-order valence-corrected chi connectivity index (χ1v) is 9.73. The zero-order chi connectivity index (χ0) is 19.4. The summed E-state index contributed by atoms with van der Waals surface area (Å²) < 4.78 is 64.6. The molecule has 1 heterocycles. The fourth-order valence-corrected chi connectivity index (χ4v) is 3.84. The SMILES string of the molecule is CN(C(=O)CCCNS(=O)(=O)c1cccc(C(F)(F)F)c1)C1CCNC1.Cl. The van der Waals surface area contributed by atoms with Crippen molar-refractivity contribution in [3.05, 3.63) is 29.8 Å². The Morgan fingerprint density at radius 3 is 2.67 bits per heavy atom. The Morgan fingerprint density at radius 1 is 1.37 bits per heavy atom. The van der Waals surface area contributed by atoms with Crippen molar-refractivity contribution in [2.24, 2.45) is 0 Å². The number of benzene rings is 1. The Hall–Kier alpha value is -1.36. The fourth-order valence-electron chi connectivity index (χ4n) is 2.72. The first kappa shape index (κ1) is 23.7. The summed E-state index contributed by atoms with van der Waals surface area (Å²) >= 11 is 0. The van der Waals surface area contributed by atoms with Crippen molar-refractivity contribution in [3.8, 4) is 0 Å². The van der Waals surface area contributed by atoms with Gasteiger partial charge in [0.15, 0.2) is 0 Å². The van der Waals surface area contributed by atoms with Crippen molar-refractivity contribution in [1.82, 2.24) is 14.9 Å². The maximum absolute atomic E-state index is 12.7. The molecule has 0 aliphatic carbocycles. The quantitative estimate of drug-likeness (QED) is 0.650. The van der Waals surface area contributed by atoms with Gasteiger partial charge in [-0.1, -0.05) is 6.07 Å². The summed E-state index contributed by atoms with van der Waals surface area (Å²) in [5, 5.41) is 3.16. The van der Waals surface area contributed by atoms with Crippen LogP contribution in [-0.4, -0.2) is 51.9 Å². The molecule has 1 aromatic carbocycles. The molecule has 154 valence electrons. The Morgan fingerprint density at radius 2 is 2.07 bits per heavy atom. The number of halogens is 4. The third kappa shape index (κ3) is 6.63. The Labute approximate surface area is 163 Å². The van der Waals surface area contributed by atoms with E-state index in [0.717, 1.165) is 37.7 Å². The van der Waals surface area contributed by atoms with E-state index in [1.807, 2.05) is 0 Å². The lowest BCUT2D eigenvalue weighted by Gasteiger charge is -2.23. The minimum atomic E-state index is -4.61. The van der Waals surface area contributed by atoms with Gasteiger partial charge in [0.1, 0.15) is 0 Å². The third-order valence-electron chi connectivity index (χ3n) is 4.31. The van der Waals surface area contributed by atoms with E-state index in [9.17, 15) is 26.4 Å². The minimum Gasteiger partial charge on any atom is -0.341 e. The number of nitrogens with zero attached hydrogens (tertiary/aromatic N) is 1. The van der Waals surface area contributed by atoms with Gasteiger partial charge in [0.2, 0.25) is 15.9 Å². The second-order valence-electron chi connectivity index (χ2n) is 6.18. The molecule has 1 fully saturated rings. The number of carbonyl (C=O) groups is 1. The molecule has 0 aromatic heterocycles. The standard InChI is InChI=1S/C16H22F3N3O3S.ClH/c1-22(13-7-9-20-11-13)15(23)6-3-8-21-26(24,25)14-5-2-4-12(10-14)16(17,18)19;/h2,4-5,10,13,20-21H,3,6-9,11H2,1H3;1H. The molecule has 1 amide bonds. The Bertz CT molecular complexity index is 738. The number of nitrogens with one attached hydrogen (secondary N) is 2. The summed E-state index contributed by atoms with van der Waals surface area (Å²) in [5.74, 6) is -0.0861. The molecule has 1 unspecified atom stereocenters. The number of likely N-dealkylation sites (N-methyl/N-ethyl adjacent to an activating group) is 1. The summed E-state index contributed by atoms with van der Waals surface area (Å²) in [6.07, 6.45) is -3.30. The molecular formula is C16H23ClF3N3O3S. The first-order chi connectivity index (χ1) is 12.1. The zero-order valence-electron chi connectivity index (χ0n) is 14.8. The van der Waals surface area contributed by atoms with Crippen LogP contribution in [0.3, 0.4) is 0 Å². The topological polar surface area (TPSA) is 78.5 Å². The molecule has 0 bridgehead atoms. The van der Waals surface area contributed by atoms with Gasteiger partial charge in [0, 0.05) is 32.6 Å². The summed E-state index contributed by atoms with van der Waals surface area (Å²) in [5.41, 5.74) is -1.03. The summed E-state index contributed by atoms with van der Waals surface area (Å²) in [4.78, 5) is 13.3. The number of rotatable bonds is 7. The number of hydrogen-bond acceptors (Lipinski definition) is 4. The van der Waals surface area contributed by atoms with E-state index >= 15 is 0 Å². The van der Waals surface area contributed by atoms with Gasteiger partial charge in [0.05, 0.1) is 10.5 Å². The monoisotopic (exact) mass is 429 g/mol. The lowest BCUT2D eigenvalue weighted by atomic mass is 10.2. The number of hydrogen-bond donors (Lipinski definition) is 2. The third-order valence-corrected chi connectivity index (χ3v) is 5.77. The van der Waals surface area contributed by atoms with E-state index in [2.05, 4.69) is 10.0 Å². The van der Waals surface area contributed by atoms with Crippen molar-refractivity contribution in [1.29, 1.82) is 0 Å². The van der Waals surface area contributed by atoms with Crippen LogP contribution in [0.25, 0.3) is 0 Å². The molecule has 1 saturated heterocycles. The highest BCUT2D eigenvalue weighted by atomic mass is 35.5. The van der Waals surface area contributed by atoms with Crippen LogP contribution in [0.15, 0.2) is 29.2 Å². The second kappa shape index (κ2) is 9.72. The lowest BCUT2D eigenvalue weighted by Crippen LogP contribution is -2.38. The Balaban J connectivity index is 0.00000364. The number of sulfonamides is 1. The lowest BCUT2D eigenvalue weighted by molar-refractivity contribution is -0.137. The molecule has 11 heteroatoms. The molecule has 1 aliphatic heterocycles. The van der Waals surface area contributed by atoms with Crippen LogP contribution in [0, 0.1) is 0 Å². The zero-order valence-corrected chi connectivity index (χ0v) is 16.4. The van der Waals surface area contributed by atoms with Gasteiger partial charge in [-0.25, -0.2) is 13.1 Å². The van der Waals surface area contributed by atoms with Crippen LogP contribution in [0.5, 0.6) is 0 Å². The predicted molar refractivity (Wildman–Crippen MR) is 97.2 cm³/mol. The Kier molecular flexibility index (Phi) is 8.52. The van der Waals surface area contributed by atoms with Crippen LogP contribution >= 0.6 is 12.4 Å². The summed E-state index contributed by atoms with van der Waals surface area (Å²) in [7, 11) is -2.35. The molecule has 27 heavy (non-hydrogen) atoms. The van der Waals surface area contributed by atoms with E-state index in [1.54, 1.807) is 11.9 Å². The molecule has 0 spiro atoms. The minimum absolute atomic E-state index is 0. The van der Waals surface area contributed by atoms with Crippen molar-refractivity contribution in [2.45, 2.75) is 36.4 Å². The smallest absolute Gasteiger partial charge is 0.341 e. The first-order valence-electron chi connectivity index (χ1n) is 8.24. The number of alkyl halides is 3. The summed E-state index contributed by atoms with van der Waals surface area (Å²) in [6, 6.07) is 3.69. The highest BCUT2D eigenvalue weighted by Gasteiger charge is 2.31. The molecule has 0 saturated carbocycles. The van der Waals surface area contributed by atoms with Crippen LogP contribution in [-0.2, 0) is 21.0 Å². The van der Waals surface area contributed by atoms with Gasteiger partial charge < -0.3 is 10.2 Å². The van der Waals surface area contributed by atoms with Gasteiger partial charge in [-0.2, -0.15) is 13.2 Å². The molecule has 1 aromatic rings. The molecule has 6 nitrogen and oxygen atoms in total. The normalized spacial score (nSPS) is 17.4. The van der Waals surface area contributed by atoms with E-state index in [-0.39, 0.29) is 43.7 Å². The van der Waals surface area contributed by atoms with Crippen LogP contribution in [0.2, 0.25) is 0 Å². The second-order valence-corrected chi connectivity index (χ2v) is 7.95. The van der Waals surface area contributed by atoms with Crippen molar-refractivity contribution in [2.75, 3.05) is 26.7 Å². The summed E-state index contributed by atoms with van der Waals surface area (Å²) in [6.45, 7) is 1.57. The molecule has 1 atom stereocenters. The molecule has 1 aliphatic rings. The average Bonchev–Trinajstić information content (AvgIpc) is 3.12. The number of amides is 1. The van der Waals surface area contributed by atoms with Crippen molar-refractivity contribution < 1.29 is 26.4 Å².